The monoisotopic (exact) mass is 492 g/mol. The summed E-state index contributed by atoms with van der Waals surface area (Å²) < 4.78 is 43.9. The average Bonchev–Trinajstić information content (AvgIpc) is 3.44. The van der Waals surface area contributed by atoms with Crippen LogP contribution in [0.15, 0.2) is 24.3 Å². The Hall–Kier alpha value is -2.59. The molecule has 2 aliphatic heterocycles. The van der Waals surface area contributed by atoms with Crippen molar-refractivity contribution in [3.63, 3.8) is 0 Å². The first-order valence-electron chi connectivity index (χ1n) is 12.4. The smallest absolute Gasteiger partial charge is 0.406 e. The highest BCUT2D eigenvalue weighted by molar-refractivity contribution is 5.97. The van der Waals surface area contributed by atoms with Crippen LogP contribution < -0.4 is 4.74 Å². The van der Waals surface area contributed by atoms with Gasteiger partial charge in [0.1, 0.15) is 5.75 Å². The molecule has 3 heterocycles. The lowest BCUT2D eigenvalue weighted by molar-refractivity contribution is -0.274. The van der Waals surface area contributed by atoms with Crippen LogP contribution in [0.4, 0.5) is 13.2 Å². The Morgan fingerprint density at radius 1 is 1.14 bits per heavy atom. The SMILES string of the molecule is Cc1nn(-c2cccc(OC(F)(F)F)c2)c(C2CC2)c1C(=O)N1CCC(N2CCC[C@@H]2CO)CC1. The number of halogens is 3. The van der Waals surface area contributed by atoms with E-state index in [-0.39, 0.29) is 30.2 Å². The molecule has 0 radical (unpaired) electrons. The molecule has 1 N–H and O–H groups in total. The van der Waals surface area contributed by atoms with Gasteiger partial charge in [0.15, 0.2) is 0 Å². The predicted molar refractivity (Wildman–Crippen MR) is 123 cm³/mol. The van der Waals surface area contributed by atoms with Crippen LogP contribution in [-0.2, 0) is 0 Å². The molecule has 3 fully saturated rings. The molecule has 10 heteroatoms. The third kappa shape index (κ3) is 5.04. The summed E-state index contributed by atoms with van der Waals surface area (Å²) in [5.74, 6) is -0.213. The molecule has 0 spiro atoms. The number of ether oxygens (including phenoxy) is 1. The van der Waals surface area contributed by atoms with Crippen molar-refractivity contribution >= 4 is 5.91 Å². The molecule has 1 atom stereocenters. The molecular formula is C25H31F3N4O3. The first kappa shape index (κ1) is 24.1. The maximum Gasteiger partial charge on any atom is 0.573 e. The molecular weight excluding hydrogens is 461 g/mol. The van der Waals surface area contributed by atoms with E-state index in [1.54, 1.807) is 17.7 Å². The van der Waals surface area contributed by atoms with E-state index in [0.29, 0.717) is 36.1 Å². The maximum absolute atomic E-state index is 13.7. The molecule has 5 rings (SSSR count). The number of likely N-dealkylation sites (tertiary alicyclic amines) is 2. The van der Waals surface area contributed by atoms with Crippen LogP contribution in [0, 0.1) is 6.92 Å². The first-order chi connectivity index (χ1) is 16.7. The summed E-state index contributed by atoms with van der Waals surface area (Å²) in [4.78, 5) is 17.9. The minimum absolute atomic E-state index is 0.0584. The number of hydrogen-bond acceptors (Lipinski definition) is 5. The molecule has 35 heavy (non-hydrogen) atoms. The number of amides is 1. The van der Waals surface area contributed by atoms with Gasteiger partial charge in [-0.05, 0) is 64.1 Å². The van der Waals surface area contributed by atoms with Gasteiger partial charge in [0, 0.05) is 37.2 Å². The fourth-order valence-corrected chi connectivity index (χ4v) is 5.65. The zero-order valence-electron chi connectivity index (χ0n) is 19.8. The first-order valence-corrected chi connectivity index (χ1v) is 12.4. The van der Waals surface area contributed by atoms with Gasteiger partial charge in [0.25, 0.3) is 5.91 Å². The molecule has 0 unspecified atom stereocenters. The van der Waals surface area contributed by atoms with E-state index in [2.05, 4.69) is 14.7 Å². The van der Waals surface area contributed by atoms with Crippen molar-refractivity contribution in [2.45, 2.75) is 69.8 Å². The number of aryl methyl sites for hydroxylation is 1. The molecule has 0 bridgehead atoms. The van der Waals surface area contributed by atoms with E-state index >= 15 is 0 Å². The van der Waals surface area contributed by atoms with Gasteiger partial charge in [-0.15, -0.1) is 13.2 Å². The summed E-state index contributed by atoms with van der Waals surface area (Å²) in [6.07, 6.45) is 0.914. The lowest BCUT2D eigenvalue weighted by Crippen LogP contribution is -2.49. The molecule has 1 saturated carbocycles. The van der Waals surface area contributed by atoms with E-state index in [0.717, 1.165) is 50.8 Å². The molecule has 190 valence electrons. The summed E-state index contributed by atoms with van der Waals surface area (Å²) in [5, 5.41) is 14.3. The number of nitrogens with zero attached hydrogens (tertiary/aromatic N) is 4. The molecule has 3 aliphatic rings. The van der Waals surface area contributed by atoms with Crippen molar-refractivity contribution in [2.24, 2.45) is 0 Å². The van der Waals surface area contributed by atoms with Gasteiger partial charge < -0.3 is 14.7 Å². The minimum Gasteiger partial charge on any atom is -0.406 e. The quantitative estimate of drug-likeness (QED) is 0.660. The third-order valence-electron chi connectivity index (χ3n) is 7.42. The number of hydrogen-bond donors (Lipinski definition) is 1. The highest BCUT2D eigenvalue weighted by atomic mass is 19.4. The van der Waals surface area contributed by atoms with E-state index in [9.17, 15) is 23.1 Å². The van der Waals surface area contributed by atoms with E-state index in [4.69, 9.17) is 0 Å². The van der Waals surface area contributed by atoms with E-state index in [1.165, 1.54) is 18.2 Å². The number of piperidine rings is 1. The van der Waals surface area contributed by atoms with Crippen molar-refractivity contribution in [3.8, 4) is 11.4 Å². The van der Waals surface area contributed by atoms with E-state index < -0.39 is 6.36 Å². The Labute approximate surface area is 202 Å². The number of carbonyl (C=O) groups is 1. The number of aliphatic hydroxyl groups is 1. The second-order valence-electron chi connectivity index (χ2n) is 9.82. The van der Waals surface area contributed by atoms with Gasteiger partial charge in [0.2, 0.25) is 0 Å². The number of benzene rings is 1. The van der Waals surface area contributed by atoms with Crippen molar-refractivity contribution < 1.29 is 27.8 Å². The Balaban J connectivity index is 1.37. The predicted octanol–water partition coefficient (Wildman–Crippen LogP) is 4.02. The van der Waals surface area contributed by atoms with Gasteiger partial charge in [-0.25, -0.2) is 4.68 Å². The van der Waals surface area contributed by atoms with E-state index in [1.807, 2.05) is 4.90 Å². The van der Waals surface area contributed by atoms with Crippen molar-refractivity contribution in [1.82, 2.24) is 19.6 Å². The molecule has 1 aromatic heterocycles. The molecule has 2 aromatic rings. The van der Waals surface area contributed by atoms with Crippen LogP contribution >= 0.6 is 0 Å². The van der Waals surface area contributed by atoms with Crippen LogP contribution in [0.3, 0.4) is 0 Å². The fourth-order valence-electron chi connectivity index (χ4n) is 5.65. The standard InChI is InChI=1S/C25H31F3N4O3/c1-16-22(24(34)30-12-9-18(10-13-30)31-11-3-5-20(31)15-33)23(17-7-8-17)32(29-16)19-4-2-6-21(14-19)35-25(26,27)28/h2,4,6,14,17-18,20,33H,3,5,7-13,15H2,1H3/t20-/m1/s1. The number of rotatable bonds is 6. The lowest BCUT2D eigenvalue weighted by atomic mass is 10.0. The Morgan fingerprint density at radius 2 is 1.89 bits per heavy atom. The van der Waals surface area contributed by atoms with Crippen LogP contribution in [0.25, 0.3) is 5.69 Å². The Bertz CT molecular complexity index is 1070. The lowest BCUT2D eigenvalue weighted by Gasteiger charge is -2.39. The molecule has 1 aromatic carbocycles. The van der Waals surface area contributed by atoms with Gasteiger partial charge in [-0.1, -0.05) is 6.07 Å². The van der Waals surface area contributed by atoms with Crippen LogP contribution in [-0.4, -0.2) is 75.3 Å². The van der Waals surface area contributed by atoms with Gasteiger partial charge in [0.05, 0.1) is 29.2 Å². The summed E-state index contributed by atoms with van der Waals surface area (Å²) >= 11 is 0. The van der Waals surface area contributed by atoms with Crippen LogP contribution in [0.1, 0.15) is 66.2 Å². The topological polar surface area (TPSA) is 70.8 Å². The molecule has 2 saturated heterocycles. The summed E-state index contributed by atoms with van der Waals surface area (Å²) in [5.41, 5.74) is 2.38. The second-order valence-corrected chi connectivity index (χ2v) is 9.82. The fraction of sp³-hybridized carbons (Fsp3) is 0.600. The number of aromatic nitrogens is 2. The second kappa shape index (κ2) is 9.46. The number of carbonyl (C=O) groups excluding carboxylic acids is 1. The zero-order valence-corrected chi connectivity index (χ0v) is 19.8. The largest absolute Gasteiger partial charge is 0.573 e. The molecule has 7 nitrogen and oxygen atoms in total. The number of alkyl halides is 3. The highest BCUT2D eigenvalue weighted by Crippen LogP contribution is 2.44. The maximum atomic E-state index is 13.7. The molecule has 1 amide bonds. The van der Waals surface area contributed by atoms with Crippen molar-refractivity contribution in [3.05, 3.63) is 41.2 Å². The van der Waals surface area contributed by atoms with Gasteiger partial charge in [-0.3, -0.25) is 9.69 Å². The zero-order chi connectivity index (χ0) is 24.7. The summed E-state index contributed by atoms with van der Waals surface area (Å²) in [7, 11) is 0. The minimum atomic E-state index is -4.78. The molecule has 1 aliphatic carbocycles. The summed E-state index contributed by atoms with van der Waals surface area (Å²) in [6.45, 7) is 4.24. The van der Waals surface area contributed by atoms with Gasteiger partial charge >= 0.3 is 6.36 Å². The van der Waals surface area contributed by atoms with Crippen LogP contribution in [0.5, 0.6) is 5.75 Å². The summed E-state index contributed by atoms with van der Waals surface area (Å²) in [6, 6.07) is 6.33. The normalized spacial score (nSPS) is 22.1. The Kier molecular flexibility index (Phi) is 6.52. The van der Waals surface area contributed by atoms with Gasteiger partial charge in [-0.2, -0.15) is 5.10 Å². The third-order valence-corrected chi connectivity index (χ3v) is 7.42. The van der Waals surface area contributed by atoms with Crippen LogP contribution in [0.2, 0.25) is 0 Å². The Morgan fingerprint density at radius 3 is 2.54 bits per heavy atom. The van der Waals surface area contributed by atoms with Crippen molar-refractivity contribution in [1.29, 1.82) is 0 Å². The number of aliphatic hydroxyl groups excluding tert-OH is 1. The highest BCUT2D eigenvalue weighted by Gasteiger charge is 2.38. The van der Waals surface area contributed by atoms with Crippen molar-refractivity contribution in [2.75, 3.05) is 26.2 Å². The average molecular weight is 493 g/mol.